The summed E-state index contributed by atoms with van der Waals surface area (Å²) in [7, 11) is 1.50. The van der Waals surface area contributed by atoms with Gasteiger partial charge in [0.2, 0.25) is 0 Å². The van der Waals surface area contributed by atoms with Gasteiger partial charge in [-0.05, 0) is 55.3 Å². The summed E-state index contributed by atoms with van der Waals surface area (Å²) in [5.41, 5.74) is 3.98. The number of aldehydes is 1. The predicted octanol–water partition coefficient (Wildman–Crippen LogP) is 4.03. The van der Waals surface area contributed by atoms with E-state index in [1.165, 1.54) is 20.0 Å². The monoisotopic (exact) mass is 348 g/mol. The number of nitrogens with zero attached hydrogens (tertiary/aromatic N) is 2. The highest BCUT2D eigenvalue weighted by atomic mass is 16.5. The third kappa shape index (κ3) is 2.86. The van der Waals surface area contributed by atoms with Gasteiger partial charge in [0.15, 0.2) is 17.8 Å². The molecule has 0 aliphatic carbocycles. The maximum atomic E-state index is 11.7. The Morgan fingerprint density at radius 2 is 1.92 bits per heavy atom. The summed E-state index contributed by atoms with van der Waals surface area (Å²) in [6.45, 7) is 2.11. The molecule has 3 aromatic rings. The Hall–Kier alpha value is -3.08. The highest BCUT2D eigenvalue weighted by Crippen LogP contribution is 2.33. The minimum absolute atomic E-state index is 0.0721. The smallest absolute Gasteiger partial charge is 0.161 e. The molecule has 1 N–H and O–H groups in total. The number of carbonyl (C=O) groups is 1. The number of benzene rings is 2. The summed E-state index contributed by atoms with van der Waals surface area (Å²) in [6.07, 6.45) is 3.29. The van der Waals surface area contributed by atoms with E-state index in [2.05, 4.69) is 17.0 Å². The molecule has 1 saturated heterocycles. The number of aromatic nitrogens is 1. The van der Waals surface area contributed by atoms with Gasteiger partial charge < -0.3 is 14.7 Å². The minimum Gasteiger partial charge on any atom is -0.504 e. The van der Waals surface area contributed by atoms with Gasteiger partial charge in [0.25, 0.3) is 0 Å². The number of hydrogen-bond donors (Lipinski definition) is 1. The number of phenols is 1. The van der Waals surface area contributed by atoms with Gasteiger partial charge in [0.05, 0.1) is 18.3 Å². The van der Waals surface area contributed by atoms with E-state index in [1.54, 1.807) is 24.3 Å². The third-order valence-electron chi connectivity index (χ3n) is 4.90. The van der Waals surface area contributed by atoms with Crippen LogP contribution in [-0.2, 0) is 0 Å². The third-order valence-corrected chi connectivity index (χ3v) is 4.90. The van der Waals surface area contributed by atoms with Crippen molar-refractivity contribution in [3.63, 3.8) is 0 Å². The number of carbonyl (C=O) groups excluding carboxylic acids is 1. The average Bonchev–Trinajstić information content (AvgIpc) is 3.22. The van der Waals surface area contributed by atoms with Crippen LogP contribution in [0.4, 0.5) is 5.69 Å². The number of phenolic OH excluding ortho intramolecular Hbond substituents is 1. The van der Waals surface area contributed by atoms with Crippen LogP contribution in [0, 0.1) is 0 Å². The lowest BCUT2D eigenvalue weighted by molar-refractivity contribution is 0.112. The number of anilines is 1. The van der Waals surface area contributed by atoms with Crippen LogP contribution in [0.25, 0.3) is 22.2 Å². The zero-order valence-electron chi connectivity index (χ0n) is 14.6. The number of pyridine rings is 1. The van der Waals surface area contributed by atoms with Crippen molar-refractivity contribution in [1.82, 2.24) is 4.98 Å². The van der Waals surface area contributed by atoms with Crippen LogP contribution in [0.1, 0.15) is 23.2 Å². The fourth-order valence-electron chi connectivity index (χ4n) is 3.49. The highest BCUT2D eigenvalue weighted by molar-refractivity contribution is 5.99. The molecule has 0 saturated carbocycles. The lowest BCUT2D eigenvalue weighted by atomic mass is 10.0. The van der Waals surface area contributed by atoms with E-state index in [0.29, 0.717) is 17.0 Å². The molecule has 5 nitrogen and oxygen atoms in total. The molecule has 0 amide bonds. The van der Waals surface area contributed by atoms with Gasteiger partial charge in [-0.2, -0.15) is 0 Å². The van der Waals surface area contributed by atoms with Crippen molar-refractivity contribution >= 4 is 22.9 Å². The Morgan fingerprint density at radius 3 is 2.65 bits per heavy atom. The summed E-state index contributed by atoms with van der Waals surface area (Å²) in [6, 6.07) is 12.9. The standard InChI is InChI=1S/C21H20N2O3/c1-26-21-11-14(4-7-20(21)25)19-10-15(13-24)17-12-16(5-6-18(17)22-19)23-8-2-3-9-23/h4-7,10-13,25H,2-3,8-9H2,1H3. The van der Waals surface area contributed by atoms with Crippen LogP contribution in [0.2, 0.25) is 0 Å². The number of rotatable bonds is 4. The molecule has 4 rings (SSSR count). The zero-order chi connectivity index (χ0) is 18.1. The fourth-order valence-corrected chi connectivity index (χ4v) is 3.49. The second-order valence-corrected chi connectivity index (χ2v) is 6.50. The highest BCUT2D eigenvalue weighted by Gasteiger charge is 2.15. The van der Waals surface area contributed by atoms with Gasteiger partial charge >= 0.3 is 0 Å². The Bertz CT molecular complexity index is 978. The number of aromatic hydroxyl groups is 1. The van der Waals surface area contributed by atoms with Crippen molar-refractivity contribution in [3.05, 3.63) is 48.0 Å². The summed E-state index contributed by atoms with van der Waals surface area (Å²) < 4.78 is 5.17. The molecule has 1 aliphatic rings. The van der Waals surface area contributed by atoms with Crippen LogP contribution in [0.15, 0.2) is 42.5 Å². The van der Waals surface area contributed by atoms with E-state index < -0.39 is 0 Å². The predicted molar refractivity (Wildman–Crippen MR) is 102 cm³/mol. The van der Waals surface area contributed by atoms with Crippen molar-refractivity contribution in [2.75, 3.05) is 25.1 Å². The molecule has 2 aromatic carbocycles. The van der Waals surface area contributed by atoms with Crippen LogP contribution >= 0.6 is 0 Å². The van der Waals surface area contributed by atoms with Gasteiger partial charge in [0, 0.05) is 35.3 Å². The van der Waals surface area contributed by atoms with Crippen molar-refractivity contribution in [2.24, 2.45) is 0 Å². The van der Waals surface area contributed by atoms with Crippen molar-refractivity contribution in [2.45, 2.75) is 12.8 Å². The van der Waals surface area contributed by atoms with Crippen molar-refractivity contribution in [1.29, 1.82) is 0 Å². The van der Waals surface area contributed by atoms with Crippen LogP contribution in [-0.4, -0.2) is 36.6 Å². The number of methoxy groups -OCH3 is 1. The quantitative estimate of drug-likeness (QED) is 0.721. The lowest BCUT2D eigenvalue weighted by Crippen LogP contribution is -2.17. The molecule has 26 heavy (non-hydrogen) atoms. The largest absolute Gasteiger partial charge is 0.504 e. The summed E-state index contributed by atoms with van der Waals surface area (Å²) >= 11 is 0. The van der Waals surface area contributed by atoms with Crippen LogP contribution in [0.5, 0.6) is 11.5 Å². The molecule has 132 valence electrons. The minimum atomic E-state index is 0.0721. The first kappa shape index (κ1) is 16.4. The molecule has 0 unspecified atom stereocenters. The Labute approximate surface area is 151 Å². The molecular weight excluding hydrogens is 328 g/mol. The van der Waals surface area contributed by atoms with Crippen LogP contribution in [0.3, 0.4) is 0 Å². The molecule has 0 atom stereocenters. The Kier molecular flexibility index (Phi) is 4.21. The van der Waals surface area contributed by atoms with Gasteiger partial charge in [-0.15, -0.1) is 0 Å². The van der Waals surface area contributed by atoms with E-state index in [-0.39, 0.29) is 5.75 Å². The average molecular weight is 348 g/mol. The molecule has 0 bridgehead atoms. The Balaban J connectivity index is 1.82. The maximum Gasteiger partial charge on any atom is 0.161 e. The van der Waals surface area contributed by atoms with Gasteiger partial charge in [-0.3, -0.25) is 4.79 Å². The Morgan fingerprint density at radius 1 is 1.12 bits per heavy atom. The van der Waals surface area contributed by atoms with Crippen molar-refractivity contribution < 1.29 is 14.6 Å². The SMILES string of the molecule is COc1cc(-c2cc(C=O)c3cc(N4CCCC4)ccc3n2)ccc1O. The second-order valence-electron chi connectivity index (χ2n) is 6.50. The van der Waals surface area contributed by atoms with Gasteiger partial charge in [0.1, 0.15) is 0 Å². The van der Waals surface area contributed by atoms with E-state index in [0.717, 1.165) is 41.5 Å². The van der Waals surface area contributed by atoms with Crippen LogP contribution < -0.4 is 9.64 Å². The first-order valence-corrected chi connectivity index (χ1v) is 8.72. The molecule has 0 radical (unpaired) electrons. The normalized spacial score (nSPS) is 14.0. The van der Waals surface area contributed by atoms with E-state index in [9.17, 15) is 9.90 Å². The fraction of sp³-hybridized carbons (Fsp3) is 0.238. The first-order valence-electron chi connectivity index (χ1n) is 8.72. The molecule has 5 heteroatoms. The van der Waals surface area contributed by atoms with Gasteiger partial charge in [-0.25, -0.2) is 4.98 Å². The lowest BCUT2D eigenvalue weighted by Gasteiger charge is -2.18. The zero-order valence-corrected chi connectivity index (χ0v) is 14.6. The first-order chi connectivity index (χ1) is 12.7. The van der Waals surface area contributed by atoms with Gasteiger partial charge in [-0.1, -0.05) is 0 Å². The molecule has 1 aliphatic heterocycles. The van der Waals surface area contributed by atoms with E-state index in [1.807, 2.05) is 6.07 Å². The van der Waals surface area contributed by atoms with Crippen molar-refractivity contribution in [3.8, 4) is 22.8 Å². The topological polar surface area (TPSA) is 62.7 Å². The second kappa shape index (κ2) is 6.67. The maximum absolute atomic E-state index is 11.7. The summed E-state index contributed by atoms with van der Waals surface area (Å²) in [5, 5.41) is 10.6. The van der Waals surface area contributed by atoms with E-state index in [4.69, 9.17) is 9.72 Å². The number of hydrogen-bond acceptors (Lipinski definition) is 5. The molecule has 1 fully saturated rings. The summed E-state index contributed by atoms with van der Waals surface area (Å²) in [5.74, 6) is 0.448. The van der Waals surface area contributed by atoms with E-state index >= 15 is 0 Å². The molecule has 1 aromatic heterocycles. The number of ether oxygens (including phenoxy) is 1. The number of fused-ring (bicyclic) bond motifs is 1. The molecular formula is C21H20N2O3. The molecule has 0 spiro atoms. The summed E-state index contributed by atoms with van der Waals surface area (Å²) in [4.78, 5) is 18.8. The molecule has 2 heterocycles.